The number of alkyl carbamates (subject to hydrolysis) is 1. The minimum absolute atomic E-state index is 0.0742. The van der Waals surface area contributed by atoms with Crippen LogP contribution < -0.4 is 10.6 Å². The van der Waals surface area contributed by atoms with Gasteiger partial charge < -0.3 is 52.6 Å². The van der Waals surface area contributed by atoms with Crippen molar-refractivity contribution in [1.29, 1.82) is 0 Å². The van der Waals surface area contributed by atoms with Crippen molar-refractivity contribution in [2.75, 3.05) is 97.8 Å². The molecule has 22 heteroatoms. The first-order chi connectivity index (χ1) is 30.7. The lowest BCUT2D eigenvalue weighted by Gasteiger charge is -2.11. The molecule has 0 radical (unpaired) electrons. The average molecular weight is 994 g/mol. The van der Waals surface area contributed by atoms with Gasteiger partial charge in [-0.3, -0.25) is 9.59 Å². The van der Waals surface area contributed by atoms with Crippen LogP contribution in [-0.4, -0.2) is 144 Å². The highest BCUT2D eigenvalue weighted by molar-refractivity contribution is 14.1. The Morgan fingerprint density at radius 1 is 0.698 bits per heavy atom. The van der Waals surface area contributed by atoms with E-state index in [1.165, 1.54) is 0 Å². The van der Waals surface area contributed by atoms with E-state index in [0.717, 1.165) is 37.1 Å². The number of rotatable bonds is 29. The predicted octanol–water partition coefficient (Wildman–Crippen LogP) is 3.94. The summed E-state index contributed by atoms with van der Waals surface area (Å²) in [6, 6.07) is 5.25. The summed E-state index contributed by atoms with van der Waals surface area (Å²) in [6.45, 7) is 9.46. The van der Waals surface area contributed by atoms with Crippen LogP contribution in [0.25, 0.3) is 22.9 Å². The zero-order valence-corrected chi connectivity index (χ0v) is 37.9. The lowest BCUT2D eigenvalue weighted by molar-refractivity contribution is -0.117. The first-order valence-corrected chi connectivity index (χ1v) is 22.3. The number of nitrogens with one attached hydrogen (secondary N) is 2. The SMILES string of the molecule is Cc1nnc(-c2cc(NC(=O)CCOCCOCCOCCn3nnc4c3CCC3C(CC4)C3COC(=O)NCCOCCOCCOCCC(=O)I)cc(-c3nnc(C)o3)c2)o1. The molecule has 21 nitrogen and oxygen atoms in total. The molecule has 1 saturated carbocycles. The largest absolute Gasteiger partial charge is 0.449 e. The molecule has 3 atom stereocenters. The highest BCUT2D eigenvalue weighted by Gasteiger charge is 2.50. The van der Waals surface area contributed by atoms with E-state index in [9.17, 15) is 14.4 Å². The number of aromatic nitrogens is 7. The molecule has 0 bridgehead atoms. The summed E-state index contributed by atoms with van der Waals surface area (Å²) in [5.41, 5.74) is 3.90. The molecule has 4 aromatic rings. The topological polar surface area (TPSA) is 248 Å². The van der Waals surface area contributed by atoms with Crippen molar-refractivity contribution in [3.8, 4) is 22.9 Å². The Labute approximate surface area is 378 Å². The summed E-state index contributed by atoms with van der Waals surface area (Å²) >= 11 is 1.75. The molecule has 3 unspecified atom stereocenters. The van der Waals surface area contributed by atoms with Crippen molar-refractivity contribution in [2.45, 2.75) is 58.9 Å². The average Bonchev–Trinajstić information content (AvgIpc) is 3.62. The molecule has 0 aliphatic heterocycles. The number of amides is 2. The molecule has 3 heterocycles. The van der Waals surface area contributed by atoms with Crippen molar-refractivity contribution < 1.29 is 56.4 Å². The van der Waals surface area contributed by atoms with Crippen LogP contribution in [0.1, 0.15) is 48.9 Å². The third-order valence-electron chi connectivity index (χ3n) is 10.4. The van der Waals surface area contributed by atoms with Gasteiger partial charge in [-0.1, -0.05) is 5.21 Å². The molecule has 2 aliphatic carbocycles. The molecule has 0 spiro atoms. The van der Waals surface area contributed by atoms with Gasteiger partial charge in [0, 0.05) is 43.6 Å². The fraction of sp³-hybridized carbons (Fsp3) is 0.634. The molecule has 0 saturated heterocycles. The van der Waals surface area contributed by atoms with Gasteiger partial charge in [0.05, 0.1) is 110 Å². The molecule has 1 aromatic carbocycles. The maximum atomic E-state index is 12.7. The Morgan fingerprint density at radius 3 is 1.84 bits per heavy atom. The van der Waals surface area contributed by atoms with Gasteiger partial charge in [0.2, 0.25) is 29.5 Å². The summed E-state index contributed by atoms with van der Waals surface area (Å²) in [6.07, 6.45) is 3.84. The zero-order valence-electron chi connectivity index (χ0n) is 35.7. The van der Waals surface area contributed by atoms with Crippen molar-refractivity contribution >= 4 is 44.1 Å². The van der Waals surface area contributed by atoms with E-state index in [1.807, 2.05) is 4.68 Å². The van der Waals surface area contributed by atoms with Gasteiger partial charge in [0.1, 0.15) is 0 Å². The highest BCUT2D eigenvalue weighted by atomic mass is 127. The van der Waals surface area contributed by atoms with Gasteiger partial charge in [0.25, 0.3) is 0 Å². The highest BCUT2D eigenvalue weighted by Crippen LogP contribution is 2.53. The maximum absolute atomic E-state index is 12.7. The Bertz CT molecular complexity index is 1990. The Hall–Kier alpha value is -4.46. The second kappa shape index (κ2) is 25.7. The monoisotopic (exact) mass is 993 g/mol. The normalized spacial score (nSPS) is 16.8. The van der Waals surface area contributed by atoms with Gasteiger partial charge in [-0.25, -0.2) is 9.48 Å². The van der Waals surface area contributed by atoms with Crippen LogP contribution in [0.4, 0.5) is 10.5 Å². The zero-order chi connectivity index (χ0) is 44.2. The number of benzene rings is 1. The number of carbonyl (C=O) groups excluding carboxylic acids is 3. The molecule has 2 aliphatic rings. The lowest BCUT2D eigenvalue weighted by atomic mass is 10.0. The number of hydrogen-bond donors (Lipinski definition) is 2. The van der Waals surface area contributed by atoms with E-state index in [1.54, 1.807) is 54.6 Å². The van der Waals surface area contributed by atoms with Gasteiger partial charge in [-0.05, 0) is 84.2 Å². The smallest absolute Gasteiger partial charge is 0.407 e. The summed E-state index contributed by atoms with van der Waals surface area (Å²) in [5.74, 6) is 2.61. The van der Waals surface area contributed by atoms with Crippen molar-refractivity contribution in [2.24, 2.45) is 17.8 Å². The minimum Gasteiger partial charge on any atom is -0.449 e. The second-order valence-electron chi connectivity index (χ2n) is 14.9. The van der Waals surface area contributed by atoms with Crippen molar-refractivity contribution in [1.82, 2.24) is 40.7 Å². The summed E-state index contributed by atoms with van der Waals surface area (Å²) in [5, 5.41) is 30.5. The number of fused-ring (bicyclic) bond motifs is 2. The van der Waals surface area contributed by atoms with Crippen LogP contribution in [0.5, 0.6) is 0 Å². The molecule has 3 aromatic heterocycles. The van der Waals surface area contributed by atoms with Gasteiger partial charge in [-0.15, -0.1) is 25.5 Å². The first-order valence-electron chi connectivity index (χ1n) is 21.3. The molecular weight excluding hydrogens is 937 g/mol. The molecular formula is C41H56IN9O12. The number of aryl methyl sites for hydroxylation is 3. The minimum atomic E-state index is -0.432. The van der Waals surface area contributed by atoms with E-state index in [-0.39, 0.29) is 22.7 Å². The van der Waals surface area contributed by atoms with Crippen LogP contribution in [0, 0.1) is 31.6 Å². The Kier molecular flexibility index (Phi) is 19.6. The van der Waals surface area contributed by atoms with Crippen LogP contribution in [0.2, 0.25) is 0 Å². The third-order valence-corrected chi connectivity index (χ3v) is 10.9. The van der Waals surface area contributed by atoms with Crippen molar-refractivity contribution in [3.63, 3.8) is 0 Å². The molecule has 2 N–H and O–H groups in total. The Morgan fingerprint density at radius 2 is 1.25 bits per heavy atom. The van der Waals surface area contributed by atoms with E-state index < -0.39 is 6.09 Å². The summed E-state index contributed by atoms with van der Waals surface area (Å²) in [4.78, 5) is 35.9. The number of nitrogens with zero attached hydrogens (tertiary/aromatic N) is 7. The van der Waals surface area contributed by atoms with Crippen LogP contribution in [-0.2, 0) is 62.1 Å². The third kappa shape index (κ3) is 16.2. The van der Waals surface area contributed by atoms with E-state index in [2.05, 4.69) is 41.3 Å². The van der Waals surface area contributed by atoms with Crippen LogP contribution >= 0.6 is 22.6 Å². The molecule has 63 heavy (non-hydrogen) atoms. The van der Waals surface area contributed by atoms with E-state index in [0.29, 0.717) is 157 Å². The summed E-state index contributed by atoms with van der Waals surface area (Å²) < 4.78 is 52.0. The first kappa shape index (κ1) is 48.0. The number of halogens is 1. The number of carbonyl (C=O) groups is 3. The quantitative estimate of drug-likeness (QED) is 0.0444. The Balaban J connectivity index is 0.761. The van der Waals surface area contributed by atoms with Gasteiger partial charge >= 0.3 is 6.09 Å². The number of hydrogen-bond acceptors (Lipinski definition) is 18. The maximum Gasteiger partial charge on any atom is 0.407 e. The van der Waals surface area contributed by atoms with E-state index >= 15 is 0 Å². The standard InChI is InChI=1S/C41H56IN9O12/c1-27-45-48-39(62-27)29-23-30(40-49-46-28(2)63-40)25-31(24-29)44-38(53)8-12-56-16-20-60-22-18-58-14-10-51-36-6-4-33-32(3-5-35(36)47-50-51)34(33)26-61-41(54)43-9-13-57-17-21-59-19-15-55-11-7-37(42)52/h23-25,32-34H,3-22,26H2,1-2H3,(H,43,54)(H,44,53). The van der Waals surface area contributed by atoms with Gasteiger partial charge in [0.15, 0.2) is 3.79 Å². The predicted molar refractivity (Wildman–Crippen MR) is 231 cm³/mol. The summed E-state index contributed by atoms with van der Waals surface area (Å²) in [7, 11) is 0. The van der Waals surface area contributed by atoms with Crippen LogP contribution in [0.3, 0.4) is 0 Å². The molecule has 2 amide bonds. The molecule has 1 fully saturated rings. The second-order valence-corrected chi connectivity index (χ2v) is 16.1. The van der Waals surface area contributed by atoms with Crippen molar-refractivity contribution in [3.05, 3.63) is 41.4 Å². The fourth-order valence-electron chi connectivity index (χ4n) is 7.25. The van der Waals surface area contributed by atoms with Gasteiger partial charge in [-0.2, -0.15) is 0 Å². The number of ether oxygens (including phenoxy) is 7. The van der Waals surface area contributed by atoms with E-state index in [4.69, 9.17) is 42.0 Å². The number of anilines is 1. The van der Waals surface area contributed by atoms with Crippen LogP contribution in [0.15, 0.2) is 27.0 Å². The molecule has 344 valence electrons. The lowest BCUT2D eigenvalue weighted by Crippen LogP contribution is -2.29. The fourth-order valence-corrected chi connectivity index (χ4v) is 7.47. The molecule has 6 rings (SSSR count).